The molecule has 0 saturated heterocycles. The van der Waals surface area contributed by atoms with Gasteiger partial charge in [-0.1, -0.05) is 19.3 Å². The molecule has 1 aromatic rings. The lowest BCUT2D eigenvalue weighted by Gasteiger charge is -2.20. The van der Waals surface area contributed by atoms with Crippen LogP contribution in [-0.4, -0.2) is 16.3 Å². The number of hydrogen-bond acceptors (Lipinski definition) is 3. The van der Waals surface area contributed by atoms with Gasteiger partial charge in [0, 0.05) is 5.25 Å². The minimum absolute atomic E-state index is 0.249. The number of aromatic carboxylic acids is 1. The third-order valence-electron chi connectivity index (χ3n) is 2.91. The van der Waals surface area contributed by atoms with Crippen molar-refractivity contribution in [2.45, 2.75) is 43.1 Å². The van der Waals surface area contributed by atoms with Gasteiger partial charge < -0.3 is 9.52 Å². The summed E-state index contributed by atoms with van der Waals surface area (Å²) in [6.45, 7) is 0. The van der Waals surface area contributed by atoms with Crippen LogP contribution in [0.1, 0.15) is 48.2 Å². The Hall–Kier alpha value is -0.900. The molecule has 16 heavy (non-hydrogen) atoms. The van der Waals surface area contributed by atoms with E-state index in [1.165, 1.54) is 38.4 Å². The smallest absolute Gasteiger partial charge is 0.338 e. The van der Waals surface area contributed by atoms with Crippen LogP contribution in [0, 0.1) is 0 Å². The number of carboxylic acids is 1. The van der Waals surface area contributed by atoms with Crippen molar-refractivity contribution in [3.63, 3.8) is 0 Å². The second kappa shape index (κ2) is 5.43. The molecule has 1 aromatic heterocycles. The maximum Gasteiger partial charge on any atom is 0.338 e. The van der Waals surface area contributed by atoms with Crippen molar-refractivity contribution in [3.8, 4) is 0 Å². The van der Waals surface area contributed by atoms with Gasteiger partial charge in [0.05, 0.1) is 11.3 Å². The third-order valence-corrected chi connectivity index (χ3v) is 4.31. The summed E-state index contributed by atoms with van der Waals surface area (Å²) in [5, 5.41) is 9.48. The number of furan rings is 1. The SMILES string of the molecule is O=C(O)c1coc(CSC2CCCCC2)c1. The molecule has 1 heterocycles. The Balaban J connectivity index is 1.81. The summed E-state index contributed by atoms with van der Waals surface area (Å²) >= 11 is 1.89. The van der Waals surface area contributed by atoms with Gasteiger partial charge in [0.2, 0.25) is 0 Å². The molecule has 1 aliphatic carbocycles. The minimum Gasteiger partial charge on any atom is -0.478 e. The number of thioether (sulfide) groups is 1. The van der Waals surface area contributed by atoms with Crippen LogP contribution in [0.3, 0.4) is 0 Å². The van der Waals surface area contributed by atoms with E-state index in [0.29, 0.717) is 0 Å². The van der Waals surface area contributed by atoms with E-state index in [2.05, 4.69) is 0 Å². The molecule has 1 saturated carbocycles. The van der Waals surface area contributed by atoms with E-state index in [9.17, 15) is 4.79 Å². The van der Waals surface area contributed by atoms with Crippen LogP contribution in [0.5, 0.6) is 0 Å². The van der Waals surface area contributed by atoms with Gasteiger partial charge in [-0.15, -0.1) is 0 Å². The molecule has 3 nitrogen and oxygen atoms in total. The second-order valence-corrected chi connectivity index (χ2v) is 5.47. The Morgan fingerprint density at radius 1 is 1.44 bits per heavy atom. The van der Waals surface area contributed by atoms with Gasteiger partial charge in [-0.05, 0) is 18.9 Å². The van der Waals surface area contributed by atoms with E-state index < -0.39 is 5.97 Å². The number of carbonyl (C=O) groups is 1. The standard InChI is InChI=1S/C12H16O3S/c13-12(14)9-6-10(15-7-9)8-16-11-4-2-1-3-5-11/h6-7,11H,1-5,8H2,(H,13,14). The van der Waals surface area contributed by atoms with Gasteiger partial charge in [-0.3, -0.25) is 0 Å². The summed E-state index contributed by atoms with van der Waals surface area (Å²) in [6.07, 6.45) is 7.92. The van der Waals surface area contributed by atoms with Crippen LogP contribution in [-0.2, 0) is 5.75 Å². The highest BCUT2D eigenvalue weighted by molar-refractivity contribution is 7.99. The van der Waals surface area contributed by atoms with Gasteiger partial charge in [-0.2, -0.15) is 11.8 Å². The normalized spacial score (nSPS) is 17.5. The Morgan fingerprint density at radius 3 is 2.81 bits per heavy atom. The number of rotatable bonds is 4. The van der Waals surface area contributed by atoms with Gasteiger partial charge in [0.15, 0.2) is 0 Å². The van der Waals surface area contributed by atoms with Gasteiger partial charge in [0.25, 0.3) is 0 Å². The lowest BCUT2D eigenvalue weighted by Crippen LogP contribution is -2.07. The van der Waals surface area contributed by atoms with E-state index in [-0.39, 0.29) is 5.56 Å². The van der Waals surface area contributed by atoms with Crippen LogP contribution in [0.4, 0.5) is 0 Å². The first kappa shape index (κ1) is 11.6. The fourth-order valence-electron chi connectivity index (χ4n) is 2.00. The third kappa shape index (κ3) is 3.04. The van der Waals surface area contributed by atoms with Crippen molar-refractivity contribution in [2.75, 3.05) is 0 Å². The van der Waals surface area contributed by atoms with E-state index >= 15 is 0 Å². The van der Waals surface area contributed by atoms with Crippen LogP contribution < -0.4 is 0 Å². The first-order chi connectivity index (χ1) is 7.75. The predicted octanol–water partition coefficient (Wildman–Crippen LogP) is 3.54. The molecule has 1 aliphatic rings. The van der Waals surface area contributed by atoms with E-state index in [1.807, 2.05) is 11.8 Å². The topological polar surface area (TPSA) is 50.4 Å². The Kier molecular flexibility index (Phi) is 3.93. The lowest BCUT2D eigenvalue weighted by molar-refractivity contribution is 0.0696. The Bertz CT molecular complexity index is 353. The fourth-order valence-corrected chi connectivity index (χ4v) is 3.22. The maximum atomic E-state index is 10.7. The summed E-state index contributed by atoms with van der Waals surface area (Å²) in [7, 11) is 0. The van der Waals surface area contributed by atoms with Crippen molar-refractivity contribution in [1.82, 2.24) is 0 Å². The molecule has 88 valence electrons. The molecule has 0 aliphatic heterocycles. The largest absolute Gasteiger partial charge is 0.478 e. The summed E-state index contributed by atoms with van der Waals surface area (Å²) in [4.78, 5) is 10.7. The van der Waals surface area contributed by atoms with E-state index in [4.69, 9.17) is 9.52 Å². The summed E-state index contributed by atoms with van der Waals surface area (Å²) in [5.41, 5.74) is 0.249. The summed E-state index contributed by atoms with van der Waals surface area (Å²) in [5.74, 6) is 0.642. The molecule has 0 spiro atoms. The predicted molar refractivity (Wildman–Crippen MR) is 63.8 cm³/mol. The average molecular weight is 240 g/mol. The quantitative estimate of drug-likeness (QED) is 0.874. The van der Waals surface area contributed by atoms with Crippen molar-refractivity contribution >= 4 is 17.7 Å². The van der Waals surface area contributed by atoms with E-state index in [1.54, 1.807) is 6.07 Å². The van der Waals surface area contributed by atoms with Crippen molar-refractivity contribution in [3.05, 3.63) is 23.7 Å². The molecule has 0 bridgehead atoms. The Morgan fingerprint density at radius 2 is 2.19 bits per heavy atom. The summed E-state index contributed by atoms with van der Waals surface area (Å²) < 4.78 is 5.22. The lowest BCUT2D eigenvalue weighted by atomic mass is 10.0. The van der Waals surface area contributed by atoms with Crippen molar-refractivity contribution < 1.29 is 14.3 Å². The van der Waals surface area contributed by atoms with Crippen LogP contribution in [0.25, 0.3) is 0 Å². The molecule has 4 heteroatoms. The number of carboxylic acid groups (broad SMARTS) is 1. The van der Waals surface area contributed by atoms with Gasteiger partial charge >= 0.3 is 5.97 Å². The number of hydrogen-bond donors (Lipinski definition) is 1. The highest BCUT2D eigenvalue weighted by atomic mass is 32.2. The summed E-state index contributed by atoms with van der Waals surface area (Å²) in [6, 6.07) is 1.62. The zero-order valence-electron chi connectivity index (χ0n) is 9.15. The fraction of sp³-hybridized carbons (Fsp3) is 0.583. The first-order valence-corrected chi connectivity index (χ1v) is 6.73. The van der Waals surface area contributed by atoms with Gasteiger partial charge in [-0.25, -0.2) is 4.79 Å². The molecule has 2 rings (SSSR count). The van der Waals surface area contributed by atoms with Crippen LogP contribution in [0.15, 0.2) is 16.7 Å². The molecule has 0 radical (unpaired) electrons. The molecule has 0 atom stereocenters. The second-order valence-electron chi connectivity index (χ2n) is 4.18. The molecule has 1 fully saturated rings. The maximum absolute atomic E-state index is 10.7. The van der Waals surface area contributed by atoms with Crippen LogP contribution in [0.2, 0.25) is 0 Å². The van der Waals surface area contributed by atoms with Crippen molar-refractivity contribution in [1.29, 1.82) is 0 Å². The Labute approximate surface area is 99.2 Å². The van der Waals surface area contributed by atoms with Gasteiger partial charge in [0.1, 0.15) is 12.0 Å². The minimum atomic E-state index is -0.919. The zero-order chi connectivity index (χ0) is 11.4. The van der Waals surface area contributed by atoms with Crippen molar-refractivity contribution in [2.24, 2.45) is 0 Å². The monoisotopic (exact) mass is 240 g/mol. The zero-order valence-corrected chi connectivity index (χ0v) is 9.96. The molecular weight excluding hydrogens is 224 g/mol. The van der Waals surface area contributed by atoms with Crippen LogP contribution >= 0.6 is 11.8 Å². The molecule has 0 unspecified atom stereocenters. The average Bonchev–Trinajstić information content (AvgIpc) is 2.76. The molecular formula is C12H16O3S. The molecule has 0 amide bonds. The highest BCUT2D eigenvalue weighted by Crippen LogP contribution is 2.30. The molecule has 0 aromatic carbocycles. The van der Waals surface area contributed by atoms with E-state index in [0.717, 1.165) is 16.8 Å². The first-order valence-electron chi connectivity index (χ1n) is 5.68. The molecule has 1 N–H and O–H groups in total. The highest BCUT2D eigenvalue weighted by Gasteiger charge is 2.15.